The number of rotatable bonds is 4. The van der Waals surface area contributed by atoms with E-state index in [1.54, 1.807) is 0 Å². The maximum absolute atomic E-state index is 10.3. The lowest BCUT2D eigenvalue weighted by molar-refractivity contribution is -0.113. The summed E-state index contributed by atoms with van der Waals surface area (Å²) in [5.41, 5.74) is 4.93. The van der Waals surface area contributed by atoms with Gasteiger partial charge in [0.05, 0.1) is 0 Å². The highest BCUT2D eigenvalue weighted by Crippen LogP contribution is 2.03. The van der Waals surface area contributed by atoms with Crippen LogP contribution >= 0.6 is 0 Å². The van der Waals surface area contributed by atoms with Gasteiger partial charge in [-0.3, -0.25) is 4.79 Å². The molecule has 0 rings (SSSR count). The summed E-state index contributed by atoms with van der Waals surface area (Å²) < 4.78 is 0. The molecule has 0 aromatic heterocycles. The fourth-order valence-electron chi connectivity index (χ4n) is 0.688. The summed E-state index contributed by atoms with van der Waals surface area (Å²) in [6.07, 6.45) is 8.25. The first-order valence-corrected chi connectivity index (χ1v) is 3.75. The van der Waals surface area contributed by atoms with Crippen molar-refractivity contribution in [1.29, 1.82) is 0 Å². The molecule has 2 N–H and O–H groups in total. The summed E-state index contributed by atoms with van der Waals surface area (Å²) in [7, 11) is 0. The average Bonchev–Trinajstić information content (AvgIpc) is 1.97. The van der Waals surface area contributed by atoms with Gasteiger partial charge in [-0.1, -0.05) is 25.2 Å². The van der Waals surface area contributed by atoms with Crippen LogP contribution in [0.25, 0.3) is 0 Å². The zero-order valence-corrected chi connectivity index (χ0v) is 7.08. The van der Waals surface area contributed by atoms with Crippen molar-refractivity contribution >= 4 is 5.91 Å². The Morgan fingerprint density at radius 1 is 1.64 bits per heavy atom. The second-order valence-corrected chi connectivity index (χ2v) is 2.54. The van der Waals surface area contributed by atoms with Gasteiger partial charge >= 0.3 is 0 Å². The van der Waals surface area contributed by atoms with E-state index in [9.17, 15) is 4.79 Å². The Morgan fingerprint density at radius 2 is 2.27 bits per heavy atom. The van der Waals surface area contributed by atoms with Gasteiger partial charge in [0.15, 0.2) is 0 Å². The number of carbonyl (C=O) groups is 1. The molecule has 0 saturated heterocycles. The van der Waals surface area contributed by atoms with Gasteiger partial charge in [-0.25, -0.2) is 0 Å². The second kappa shape index (κ2) is 5.71. The summed E-state index contributed by atoms with van der Waals surface area (Å²) in [5, 5.41) is 0. The summed E-state index contributed by atoms with van der Waals surface area (Å²) in [6.45, 7) is 4.02. The molecule has 2 heteroatoms. The monoisotopic (exact) mass is 153 g/mol. The highest BCUT2D eigenvalue weighted by molar-refractivity contribution is 5.85. The topological polar surface area (TPSA) is 43.1 Å². The number of hydrogen-bond donors (Lipinski definition) is 1. The van der Waals surface area contributed by atoms with Gasteiger partial charge in [0, 0.05) is 0 Å². The Kier molecular flexibility index (Phi) is 5.17. The third kappa shape index (κ3) is 6.84. The predicted molar refractivity (Wildman–Crippen MR) is 46.9 cm³/mol. The van der Waals surface area contributed by atoms with Crippen molar-refractivity contribution in [3.63, 3.8) is 0 Å². The van der Waals surface area contributed by atoms with Crippen LogP contribution in [0.5, 0.6) is 0 Å². The van der Waals surface area contributed by atoms with Crippen LogP contribution in [0.4, 0.5) is 0 Å². The molecule has 0 unspecified atom stereocenters. The van der Waals surface area contributed by atoms with Gasteiger partial charge in [-0.2, -0.15) is 0 Å². The molecule has 11 heavy (non-hydrogen) atoms. The highest BCUT2D eigenvalue weighted by atomic mass is 16.1. The van der Waals surface area contributed by atoms with E-state index in [0.29, 0.717) is 5.92 Å². The Hall–Kier alpha value is -1.05. The van der Waals surface area contributed by atoms with E-state index < -0.39 is 0 Å². The normalized spacial score (nSPS) is 14.4. The minimum atomic E-state index is -0.377. The number of amides is 1. The Balaban J connectivity index is 3.67. The number of carbonyl (C=O) groups excluding carboxylic acids is 1. The molecule has 0 aromatic rings. The van der Waals surface area contributed by atoms with Gasteiger partial charge in [-0.15, -0.1) is 0 Å². The largest absolute Gasteiger partial charge is 0.366 e. The third-order valence-electron chi connectivity index (χ3n) is 1.33. The molecule has 0 fully saturated rings. The van der Waals surface area contributed by atoms with Gasteiger partial charge in [0.1, 0.15) is 0 Å². The minimum absolute atomic E-state index is 0.377. The molecule has 0 bridgehead atoms. The molecule has 0 radical (unpaired) electrons. The maximum Gasteiger partial charge on any atom is 0.241 e. The number of primary amides is 1. The first-order valence-electron chi connectivity index (χ1n) is 3.75. The zero-order chi connectivity index (χ0) is 8.69. The number of hydrogen-bond acceptors (Lipinski definition) is 1. The van der Waals surface area contributed by atoms with E-state index in [0.717, 1.165) is 6.42 Å². The van der Waals surface area contributed by atoms with Crippen molar-refractivity contribution < 1.29 is 4.79 Å². The molecule has 1 atom stereocenters. The van der Waals surface area contributed by atoms with Crippen LogP contribution in [0.3, 0.4) is 0 Å². The van der Waals surface area contributed by atoms with Crippen molar-refractivity contribution in [2.45, 2.75) is 20.3 Å². The molecule has 0 aromatic carbocycles. The van der Waals surface area contributed by atoms with E-state index in [2.05, 4.69) is 6.08 Å². The third-order valence-corrected chi connectivity index (χ3v) is 1.33. The molecule has 0 spiro atoms. The van der Waals surface area contributed by atoms with Crippen LogP contribution in [-0.4, -0.2) is 5.91 Å². The summed E-state index contributed by atoms with van der Waals surface area (Å²) in [4.78, 5) is 10.3. The van der Waals surface area contributed by atoms with Gasteiger partial charge in [0.2, 0.25) is 5.91 Å². The van der Waals surface area contributed by atoms with Crippen LogP contribution < -0.4 is 5.73 Å². The average molecular weight is 153 g/mol. The van der Waals surface area contributed by atoms with Crippen molar-refractivity contribution in [3.05, 3.63) is 24.3 Å². The lowest BCUT2D eigenvalue weighted by Gasteiger charge is -1.98. The van der Waals surface area contributed by atoms with Crippen LogP contribution in [0.2, 0.25) is 0 Å². The maximum atomic E-state index is 10.3. The minimum Gasteiger partial charge on any atom is -0.366 e. The van der Waals surface area contributed by atoms with Crippen LogP contribution in [0, 0.1) is 5.92 Å². The van der Waals surface area contributed by atoms with Gasteiger partial charge in [-0.05, 0) is 25.3 Å². The smallest absolute Gasteiger partial charge is 0.241 e. The molecule has 0 aliphatic heterocycles. The van der Waals surface area contributed by atoms with Crippen molar-refractivity contribution in [1.82, 2.24) is 0 Å². The SMILES string of the molecule is C/C=C/C[C@@H](C)/C=C\C(N)=O. The number of allylic oxidation sites excluding steroid dienone is 3. The fraction of sp³-hybridized carbons (Fsp3) is 0.444. The van der Waals surface area contributed by atoms with E-state index in [1.807, 2.05) is 26.0 Å². The molecule has 2 nitrogen and oxygen atoms in total. The highest BCUT2D eigenvalue weighted by Gasteiger charge is 1.92. The van der Waals surface area contributed by atoms with Crippen LogP contribution in [-0.2, 0) is 4.79 Å². The summed E-state index contributed by atoms with van der Waals surface area (Å²) in [5.74, 6) is 0.0102. The van der Waals surface area contributed by atoms with Crippen molar-refractivity contribution in [3.8, 4) is 0 Å². The Labute approximate surface area is 67.8 Å². The molecular weight excluding hydrogens is 138 g/mol. The molecule has 0 heterocycles. The quantitative estimate of drug-likeness (QED) is 0.484. The van der Waals surface area contributed by atoms with E-state index in [1.165, 1.54) is 6.08 Å². The predicted octanol–water partition coefficient (Wildman–Crippen LogP) is 1.63. The van der Waals surface area contributed by atoms with Crippen LogP contribution in [0.15, 0.2) is 24.3 Å². The Bertz CT molecular complexity index is 170. The second-order valence-electron chi connectivity index (χ2n) is 2.54. The van der Waals surface area contributed by atoms with E-state index in [4.69, 9.17) is 5.73 Å². The first-order chi connectivity index (χ1) is 5.16. The fourth-order valence-corrected chi connectivity index (χ4v) is 0.688. The zero-order valence-electron chi connectivity index (χ0n) is 7.08. The van der Waals surface area contributed by atoms with Crippen molar-refractivity contribution in [2.24, 2.45) is 11.7 Å². The lowest BCUT2D eigenvalue weighted by atomic mass is 10.1. The lowest BCUT2D eigenvalue weighted by Crippen LogP contribution is -2.06. The molecule has 62 valence electrons. The molecule has 1 amide bonds. The standard InChI is InChI=1S/C9H15NO/c1-3-4-5-8(2)6-7-9(10)11/h3-4,6-8H,5H2,1-2H3,(H2,10,11)/b4-3+,7-6-/t8-/m1/s1. The van der Waals surface area contributed by atoms with Crippen LogP contribution in [0.1, 0.15) is 20.3 Å². The van der Waals surface area contributed by atoms with E-state index >= 15 is 0 Å². The molecule has 0 aliphatic rings. The molecule has 0 saturated carbocycles. The van der Waals surface area contributed by atoms with Gasteiger partial charge in [0.25, 0.3) is 0 Å². The summed E-state index contributed by atoms with van der Waals surface area (Å²) in [6, 6.07) is 0. The number of nitrogens with two attached hydrogens (primary N) is 1. The summed E-state index contributed by atoms with van der Waals surface area (Å²) >= 11 is 0. The van der Waals surface area contributed by atoms with Gasteiger partial charge < -0.3 is 5.73 Å². The first kappa shape index (κ1) is 9.95. The molecular formula is C9H15NO. The van der Waals surface area contributed by atoms with Crippen molar-refractivity contribution in [2.75, 3.05) is 0 Å². The molecule has 0 aliphatic carbocycles. The Morgan fingerprint density at radius 3 is 2.73 bits per heavy atom. The van der Waals surface area contributed by atoms with E-state index in [-0.39, 0.29) is 5.91 Å².